The largest absolute Gasteiger partial charge is 0.466 e. The fraction of sp³-hybridized carbons (Fsp3) is 0.500. The molecule has 1 aromatic carbocycles. The van der Waals surface area contributed by atoms with Crippen LogP contribution in [-0.4, -0.2) is 18.5 Å². The van der Waals surface area contributed by atoms with Crippen LogP contribution in [0.15, 0.2) is 28.7 Å². The number of hydrogen-bond acceptors (Lipinski definition) is 2. The molecule has 0 aliphatic carbocycles. The van der Waals surface area contributed by atoms with E-state index in [0.29, 0.717) is 5.56 Å². The Morgan fingerprint density at radius 3 is 2.42 bits per heavy atom. The van der Waals surface area contributed by atoms with E-state index in [9.17, 15) is 13.6 Å². The maximum atomic E-state index is 13.6. The first-order valence-corrected chi connectivity index (χ1v) is 6.92. The molecule has 2 nitrogen and oxygen atoms in total. The Kier molecular flexibility index (Phi) is 5.91. The summed E-state index contributed by atoms with van der Waals surface area (Å²) in [4.78, 5) is 11.3. The summed E-state index contributed by atoms with van der Waals surface area (Å²) in [6.07, 6.45) is 0.0714. The van der Waals surface area contributed by atoms with Crippen LogP contribution in [0.5, 0.6) is 0 Å². The van der Waals surface area contributed by atoms with Gasteiger partial charge < -0.3 is 4.74 Å². The lowest BCUT2D eigenvalue weighted by atomic mass is 9.89. The van der Waals surface area contributed by atoms with E-state index in [2.05, 4.69) is 15.9 Å². The predicted molar refractivity (Wildman–Crippen MR) is 73.4 cm³/mol. The molecule has 5 heteroatoms. The highest BCUT2D eigenvalue weighted by molar-refractivity contribution is 9.10. The molecule has 0 saturated heterocycles. The molecule has 0 heterocycles. The van der Waals surface area contributed by atoms with Gasteiger partial charge in [-0.2, -0.15) is 0 Å². The molecule has 0 aliphatic heterocycles. The van der Waals surface area contributed by atoms with E-state index >= 15 is 0 Å². The highest BCUT2D eigenvalue weighted by atomic mass is 79.9. The molecule has 0 radical (unpaired) electrons. The molecule has 0 spiro atoms. The first kappa shape index (κ1) is 16.1. The Bertz CT molecular complexity index is 412. The van der Waals surface area contributed by atoms with Gasteiger partial charge in [0.15, 0.2) is 0 Å². The van der Waals surface area contributed by atoms with Crippen molar-refractivity contribution < 1.29 is 18.3 Å². The molecule has 1 aromatic rings. The number of benzene rings is 1. The summed E-state index contributed by atoms with van der Waals surface area (Å²) >= 11 is 3.27. The zero-order chi connectivity index (χ0) is 14.5. The third-order valence-electron chi connectivity index (χ3n) is 2.83. The van der Waals surface area contributed by atoms with Crippen molar-refractivity contribution in [3.8, 4) is 0 Å². The van der Waals surface area contributed by atoms with Gasteiger partial charge in [-0.1, -0.05) is 28.1 Å². The number of rotatable bonds is 6. The van der Waals surface area contributed by atoms with E-state index in [0.717, 1.165) is 11.4 Å². The number of esters is 1. The van der Waals surface area contributed by atoms with Gasteiger partial charge in [-0.25, -0.2) is 8.78 Å². The molecule has 1 unspecified atom stereocenters. The van der Waals surface area contributed by atoms with Crippen LogP contribution >= 0.6 is 15.9 Å². The third kappa shape index (κ3) is 5.27. The summed E-state index contributed by atoms with van der Waals surface area (Å²) < 4.78 is 32.9. The van der Waals surface area contributed by atoms with Crippen molar-refractivity contribution in [1.82, 2.24) is 0 Å². The van der Waals surface area contributed by atoms with Gasteiger partial charge in [0.2, 0.25) is 0 Å². The molecule has 0 bridgehead atoms. The van der Waals surface area contributed by atoms with Crippen LogP contribution in [0, 0.1) is 0 Å². The van der Waals surface area contributed by atoms with Crippen LogP contribution in [0.25, 0.3) is 0 Å². The molecule has 1 rings (SSSR count). The van der Waals surface area contributed by atoms with Gasteiger partial charge in [-0.3, -0.25) is 4.79 Å². The van der Waals surface area contributed by atoms with Crippen LogP contribution < -0.4 is 0 Å². The highest BCUT2D eigenvalue weighted by Crippen LogP contribution is 2.37. The molecule has 19 heavy (non-hydrogen) atoms. The van der Waals surface area contributed by atoms with Crippen molar-refractivity contribution in [3.05, 3.63) is 34.3 Å². The Morgan fingerprint density at radius 2 is 1.95 bits per heavy atom. The summed E-state index contributed by atoms with van der Waals surface area (Å²) in [6.45, 7) is 2.84. The molecule has 0 amide bonds. The molecule has 106 valence electrons. The molecule has 0 aromatic heterocycles. The van der Waals surface area contributed by atoms with Gasteiger partial charge in [0, 0.05) is 16.8 Å². The summed E-state index contributed by atoms with van der Waals surface area (Å²) in [5.41, 5.74) is 0.528. The Balaban J connectivity index is 2.79. The van der Waals surface area contributed by atoms with E-state index in [-0.39, 0.29) is 19.4 Å². The molecule has 0 aliphatic rings. The molecular weight excluding hydrogens is 318 g/mol. The van der Waals surface area contributed by atoms with E-state index in [1.54, 1.807) is 31.2 Å². The topological polar surface area (TPSA) is 26.3 Å². The fourth-order valence-electron chi connectivity index (χ4n) is 1.90. The molecule has 0 fully saturated rings. The SMILES string of the molecule is CCOC(=O)CCC(c1ccc(Br)cc1)C(C)(F)F. The summed E-state index contributed by atoms with van der Waals surface area (Å²) in [5, 5.41) is 0. The summed E-state index contributed by atoms with van der Waals surface area (Å²) in [5.74, 6) is -4.29. The van der Waals surface area contributed by atoms with Gasteiger partial charge in [-0.05, 0) is 38.0 Å². The smallest absolute Gasteiger partial charge is 0.305 e. The van der Waals surface area contributed by atoms with Crippen molar-refractivity contribution in [3.63, 3.8) is 0 Å². The van der Waals surface area contributed by atoms with Crippen molar-refractivity contribution >= 4 is 21.9 Å². The Labute approximate surface area is 120 Å². The number of carbonyl (C=O) groups excluding carboxylic acids is 1. The highest BCUT2D eigenvalue weighted by Gasteiger charge is 2.35. The first-order chi connectivity index (χ1) is 8.84. The normalized spacial score (nSPS) is 13.1. The maximum Gasteiger partial charge on any atom is 0.305 e. The average molecular weight is 335 g/mol. The van der Waals surface area contributed by atoms with E-state index < -0.39 is 17.8 Å². The minimum Gasteiger partial charge on any atom is -0.466 e. The maximum absolute atomic E-state index is 13.6. The molecule has 0 N–H and O–H groups in total. The first-order valence-electron chi connectivity index (χ1n) is 6.13. The van der Waals surface area contributed by atoms with Gasteiger partial charge in [0.05, 0.1) is 6.61 Å². The zero-order valence-corrected chi connectivity index (χ0v) is 12.5. The fourth-order valence-corrected chi connectivity index (χ4v) is 2.17. The van der Waals surface area contributed by atoms with Crippen molar-refractivity contribution in [2.45, 2.75) is 38.5 Å². The van der Waals surface area contributed by atoms with E-state index in [1.807, 2.05) is 0 Å². The van der Waals surface area contributed by atoms with Crippen LogP contribution in [0.1, 0.15) is 38.2 Å². The minimum atomic E-state index is -2.87. The monoisotopic (exact) mass is 334 g/mol. The second-order valence-corrected chi connectivity index (χ2v) is 5.32. The predicted octanol–water partition coefficient (Wildman–Crippen LogP) is 4.53. The average Bonchev–Trinajstić information content (AvgIpc) is 2.30. The van der Waals surface area contributed by atoms with E-state index in [4.69, 9.17) is 4.74 Å². The quantitative estimate of drug-likeness (QED) is 0.714. The number of hydrogen-bond donors (Lipinski definition) is 0. The van der Waals surface area contributed by atoms with Crippen LogP contribution in [0.2, 0.25) is 0 Å². The molecule has 1 atom stereocenters. The standard InChI is InChI=1S/C14H17BrF2O2/c1-3-19-13(18)9-8-12(14(2,16)17)10-4-6-11(15)7-5-10/h4-7,12H,3,8-9H2,1-2H3. The lowest BCUT2D eigenvalue weighted by molar-refractivity contribution is -0.143. The van der Waals surface area contributed by atoms with Crippen molar-refractivity contribution in [1.29, 1.82) is 0 Å². The summed E-state index contributed by atoms with van der Waals surface area (Å²) in [7, 11) is 0. The summed E-state index contributed by atoms with van der Waals surface area (Å²) in [6, 6.07) is 6.74. The zero-order valence-electron chi connectivity index (χ0n) is 11.0. The lowest BCUT2D eigenvalue weighted by Gasteiger charge is -2.23. The minimum absolute atomic E-state index is 0.00198. The van der Waals surface area contributed by atoms with Gasteiger partial charge in [-0.15, -0.1) is 0 Å². The van der Waals surface area contributed by atoms with E-state index in [1.165, 1.54) is 0 Å². The lowest BCUT2D eigenvalue weighted by Crippen LogP contribution is -2.23. The number of carbonyl (C=O) groups is 1. The molecule has 0 saturated carbocycles. The number of halogens is 3. The molecular formula is C14H17BrF2O2. The van der Waals surface area contributed by atoms with Crippen LogP contribution in [0.4, 0.5) is 8.78 Å². The van der Waals surface area contributed by atoms with Gasteiger partial charge in [0.1, 0.15) is 0 Å². The number of ether oxygens (including phenoxy) is 1. The van der Waals surface area contributed by atoms with Gasteiger partial charge in [0.25, 0.3) is 5.92 Å². The van der Waals surface area contributed by atoms with Gasteiger partial charge >= 0.3 is 5.97 Å². The van der Waals surface area contributed by atoms with Crippen molar-refractivity contribution in [2.24, 2.45) is 0 Å². The second-order valence-electron chi connectivity index (χ2n) is 4.40. The van der Waals surface area contributed by atoms with Crippen LogP contribution in [0.3, 0.4) is 0 Å². The Hall–Kier alpha value is -0.970. The Morgan fingerprint density at radius 1 is 1.37 bits per heavy atom. The second kappa shape index (κ2) is 6.98. The number of alkyl halides is 2. The van der Waals surface area contributed by atoms with Crippen LogP contribution in [-0.2, 0) is 9.53 Å². The van der Waals surface area contributed by atoms with Crippen molar-refractivity contribution in [2.75, 3.05) is 6.61 Å². The third-order valence-corrected chi connectivity index (χ3v) is 3.36.